The third-order valence-corrected chi connectivity index (χ3v) is 5.58. The van der Waals surface area contributed by atoms with Gasteiger partial charge in [-0.15, -0.1) is 11.6 Å². The first kappa shape index (κ1) is 21.0. The molecule has 1 amide bonds. The van der Waals surface area contributed by atoms with Crippen molar-refractivity contribution in [2.75, 3.05) is 13.2 Å². The fourth-order valence-electron chi connectivity index (χ4n) is 3.77. The molecule has 156 valence electrons. The van der Waals surface area contributed by atoms with Crippen LogP contribution in [0.3, 0.4) is 0 Å². The number of carbonyl (C=O) groups is 1. The van der Waals surface area contributed by atoms with Crippen LogP contribution in [0.15, 0.2) is 66.7 Å². The summed E-state index contributed by atoms with van der Waals surface area (Å²) < 4.78 is 19.2. The first-order valence-electron chi connectivity index (χ1n) is 10.1. The molecule has 31 heavy (non-hydrogen) atoms. The molecule has 3 aromatic rings. The second kappa shape index (κ2) is 9.68. The number of alkyl halides is 1. The van der Waals surface area contributed by atoms with Gasteiger partial charge in [0, 0.05) is 30.0 Å². The minimum absolute atomic E-state index is 0.0313. The lowest BCUT2D eigenvalue weighted by Crippen LogP contribution is -2.26. The van der Waals surface area contributed by atoms with Gasteiger partial charge in [0.1, 0.15) is 12.4 Å². The van der Waals surface area contributed by atoms with Gasteiger partial charge in [0.2, 0.25) is 0 Å². The zero-order valence-corrected chi connectivity index (χ0v) is 17.6. The lowest BCUT2D eigenvalue weighted by atomic mass is 9.98. The summed E-state index contributed by atoms with van der Waals surface area (Å²) in [6.45, 7) is 0.629. The third-order valence-electron chi connectivity index (χ3n) is 5.29. The summed E-state index contributed by atoms with van der Waals surface area (Å²) in [6, 6.07) is 21.1. The molecule has 0 atom stereocenters. The van der Waals surface area contributed by atoms with Crippen molar-refractivity contribution in [3.63, 3.8) is 0 Å². The van der Waals surface area contributed by atoms with Gasteiger partial charge in [0.15, 0.2) is 0 Å². The molecule has 0 aromatic heterocycles. The van der Waals surface area contributed by atoms with Gasteiger partial charge in [-0.25, -0.2) is 9.18 Å². The van der Waals surface area contributed by atoms with Gasteiger partial charge in [-0.2, -0.15) is 0 Å². The number of rotatable bonds is 5. The molecule has 0 aliphatic heterocycles. The van der Waals surface area contributed by atoms with Gasteiger partial charge >= 0.3 is 6.09 Å². The molecule has 0 saturated carbocycles. The van der Waals surface area contributed by atoms with Crippen LogP contribution in [0.2, 0.25) is 0 Å². The van der Waals surface area contributed by atoms with Crippen LogP contribution < -0.4 is 5.32 Å². The molecule has 0 fully saturated rings. The van der Waals surface area contributed by atoms with E-state index in [0.29, 0.717) is 24.1 Å². The summed E-state index contributed by atoms with van der Waals surface area (Å²) in [7, 11) is 0. The second-order valence-corrected chi connectivity index (χ2v) is 7.51. The molecule has 4 rings (SSSR count). The SMILES string of the molecule is O=C(NCCC#Cc1ccc(CCl)c(F)c1)OCC1c2ccccc2-c2ccccc21. The molecule has 1 N–H and O–H groups in total. The Bertz CT molecular complexity index is 1120. The minimum atomic E-state index is -0.471. The number of hydrogen-bond acceptors (Lipinski definition) is 2. The predicted molar refractivity (Wildman–Crippen MR) is 121 cm³/mol. The average Bonchev–Trinajstić information content (AvgIpc) is 3.11. The molecule has 0 bridgehead atoms. The topological polar surface area (TPSA) is 38.3 Å². The fourth-order valence-corrected chi connectivity index (χ4v) is 3.99. The second-order valence-electron chi connectivity index (χ2n) is 7.24. The van der Waals surface area contributed by atoms with Gasteiger partial charge in [0.25, 0.3) is 0 Å². The van der Waals surface area contributed by atoms with E-state index in [-0.39, 0.29) is 24.2 Å². The normalized spacial score (nSPS) is 11.8. The van der Waals surface area contributed by atoms with E-state index in [1.165, 1.54) is 28.3 Å². The smallest absolute Gasteiger partial charge is 0.407 e. The van der Waals surface area contributed by atoms with Crippen LogP contribution in [-0.4, -0.2) is 19.2 Å². The van der Waals surface area contributed by atoms with E-state index < -0.39 is 6.09 Å². The highest BCUT2D eigenvalue weighted by Crippen LogP contribution is 2.44. The van der Waals surface area contributed by atoms with Crippen LogP contribution in [0, 0.1) is 17.7 Å². The van der Waals surface area contributed by atoms with Gasteiger partial charge in [0.05, 0.1) is 5.88 Å². The predicted octanol–water partition coefficient (Wildman–Crippen LogP) is 5.84. The summed E-state index contributed by atoms with van der Waals surface area (Å²) in [5, 5.41) is 2.72. The highest BCUT2D eigenvalue weighted by molar-refractivity contribution is 6.17. The van der Waals surface area contributed by atoms with E-state index in [0.717, 1.165) is 0 Å². The van der Waals surface area contributed by atoms with E-state index in [4.69, 9.17) is 16.3 Å². The maximum atomic E-state index is 13.7. The Morgan fingerprint density at radius 2 is 1.71 bits per heavy atom. The molecule has 5 heteroatoms. The van der Waals surface area contributed by atoms with Crippen LogP contribution in [0.4, 0.5) is 9.18 Å². The van der Waals surface area contributed by atoms with Gasteiger partial charge in [-0.1, -0.05) is 66.4 Å². The first-order valence-corrected chi connectivity index (χ1v) is 10.6. The highest BCUT2D eigenvalue weighted by Gasteiger charge is 2.28. The Hall–Kier alpha value is -3.29. The van der Waals surface area contributed by atoms with E-state index in [1.807, 2.05) is 24.3 Å². The van der Waals surface area contributed by atoms with Gasteiger partial charge < -0.3 is 10.1 Å². The first-order chi connectivity index (χ1) is 15.2. The number of alkyl carbamates (subject to hydrolysis) is 1. The van der Waals surface area contributed by atoms with Gasteiger partial charge in [-0.3, -0.25) is 0 Å². The number of fused-ring (bicyclic) bond motifs is 3. The van der Waals surface area contributed by atoms with E-state index >= 15 is 0 Å². The largest absolute Gasteiger partial charge is 0.449 e. The lowest BCUT2D eigenvalue weighted by molar-refractivity contribution is 0.143. The summed E-state index contributed by atoms with van der Waals surface area (Å²) >= 11 is 5.65. The number of halogens is 2. The Balaban J connectivity index is 1.28. The van der Waals surface area contributed by atoms with E-state index in [2.05, 4.69) is 41.4 Å². The molecular formula is C26H21ClFNO2. The van der Waals surface area contributed by atoms with Crippen molar-refractivity contribution in [1.82, 2.24) is 5.32 Å². The van der Waals surface area contributed by atoms with Crippen molar-refractivity contribution in [3.05, 3.63) is 94.8 Å². The molecule has 0 unspecified atom stereocenters. The molecule has 1 aliphatic carbocycles. The van der Waals surface area contributed by atoms with Crippen LogP contribution in [0.5, 0.6) is 0 Å². The van der Waals surface area contributed by atoms with Crippen LogP contribution in [0.1, 0.15) is 34.6 Å². The van der Waals surface area contributed by atoms with Crippen LogP contribution >= 0.6 is 11.6 Å². The Morgan fingerprint density at radius 1 is 1.03 bits per heavy atom. The van der Waals surface area contributed by atoms with Crippen molar-refractivity contribution < 1.29 is 13.9 Å². The maximum absolute atomic E-state index is 13.7. The fraction of sp³-hybridized carbons (Fsp3) is 0.192. The lowest BCUT2D eigenvalue weighted by Gasteiger charge is -2.14. The summed E-state index contributed by atoms with van der Waals surface area (Å²) in [4.78, 5) is 12.1. The molecule has 0 heterocycles. The van der Waals surface area contributed by atoms with Crippen molar-refractivity contribution in [1.29, 1.82) is 0 Å². The number of ether oxygens (including phenoxy) is 1. The van der Waals surface area contributed by atoms with Gasteiger partial charge in [-0.05, 0) is 34.4 Å². The Morgan fingerprint density at radius 3 is 2.35 bits per heavy atom. The van der Waals surface area contributed by atoms with E-state index in [9.17, 15) is 9.18 Å². The minimum Gasteiger partial charge on any atom is -0.449 e. The van der Waals surface area contributed by atoms with Crippen molar-refractivity contribution in [3.8, 4) is 23.0 Å². The summed E-state index contributed by atoms with van der Waals surface area (Å²) in [5.41, 5.74) is 5.76. The quantitative estimate of drug-likeness (QED) is 0.311. The van der Waals surface area contributed by atoms with Crippen LogP contribution in [-0.2, 0) is 10.6 Å². The van der Waals surface area contributed by atoms with Crippen LogP contribution in [0.25, 0.3) is 11.1 Å². The number of nitrogens with one attached hydrogen (secondary N) is 1. The summed E-state index contributed by atoms with van der Waals surface area (Å²) in [5.74, 6) is 5.61. The zero-order valence-electron chi connectivity index (χ0n) is 16.8. The number of hydrogen-bond donors (Lipinski definition) is 1. The highest BCUT2D eigenvalue weighted by atomic mass is 35.5. The molecule has 3 aromatic carbocycles. The molecule has 1 aliphatic rings. The zero-order chi connectivity index (χ0) is 21.6. The third kappa shape index (κ3) is 4.73. The monoisotopic (exact) mass is 433 g/mol. The Labute approximate surface area is 186 Å². The molecule has 0 radical (unpaired) electrons. The maximum Gasteiger partial charge on any atom is 0.407 e. The molecule has 3 nitrogen and oxygen atoms in total. The number of carbonyl (C=O) groups excluding carboxylic acids is 1. The van der Waals surface area contributed by atoms with Crippen molar-refractivity contribution in [2.24, 2.45) is 0 Å². The van der Waals surface area contributed by atoms with E-state index in [1.54, 1.807) is 12.1 Å². The average molecular weight is 434 g/mol. The Kier molecular flexibility index (Phi) is 6.54. The molecule has 0 saturated heterocycles. The number of amides is 1. The number of benzene rings is 3. The standard InChI is InChI=1S/C26H21ClFNO2/c27-16-19-13-12-18(15-25(19)28)7-5-6-14-29-26(30)31-17-24-22-10-3-1-8-20(22)21-9-2-4-11-23(21)24/h1-4,8-13,15,24H,6,14,16-17H2,(H,29,30). The summed E-state index contributed by atoms with van der Waals surface area (Å²) in [6.07, 6.45) is -0.0375. The molecule has 0 spiro atoms. The van der Waals surface area contributed by atoms with Crippen molar-refractivity contribution in [2.45, 2.75) is 18.2 Å². The molecular weight excluding hydrogens is 413 g/mol. The van der Waals surface area contributed by atoms with Crippen molar-refractivity contribution >= 4 is 17.7 Å².